The highest BCUT2D eigenvalue weighted by atomic mass is 35.5. The lowest BCUT2D eigenvalue weighted by Gasteiger charge is -2.07. The van der Waals surface area contributed by atoms with Crippen LogP contribution in [0.5, 0.6) is 0 Å². The molecule has 0 amide bonds. The molecular formula is C13H14ClN3O2. The summed E-state index contributed by atoms with van der Waals surface area (Å²) in [6, 6.07) is 3.39. The van der Waals surface area contributed by atoms with E-state index < -0.39 is 5.97 Å². The summed E-state index contributed by atoms with van der Waals surface area (Å²) in [5, 5.41) is 13.6. The highest BCUT2D eigenvalue weighted by Crippen LogP contribution is 2.21. The molecule has 1 N–H and O–H groups in total. The van der Waals surface area contributed by atoms with E-state index in [4.69, 9.17) is 16.7 Å². The van der Waals surface area contributed by atoms with Gasteiger partial charge in [-0.25, -0.2) is 14.5 Å². The van der Waals surface area contributed by atoms with Crippen molar-refractivity contribution in [2.75, 3.05) is 0 Å². The maximum atomic E-state index is 10.9. The molecule has 0 aromatic carbocycles. The number of carboxylic acids is 1. The molecule has 0 atom stereocenters. The van der Waals surface area contributed by atoms with Gasteiger partial charge in [0.1, 0.15) is 0 Å². The lowest BCUT2D eigenvalue weighted by atomic mass is 10.2. The van der Waals surface area contributed by atoms with E-state index in [9.17, 15) is 4.79 Å². The quantitative estimate of drug-likeness (QED) is 0.934. The predicted molar refractivity (Wildman–Crippen MR) is 72.1 cm³/mol. The first-order valence-electron chi connectivity index (χ1n) is 6.03. The molecule has 0 bridgehead atoms. The normalized spacial score (nSPS) is 10.7. The molecule has 0 spiro atoms. The Morgan fingerprint density at radius 2 is 2.11 bits per heavy atom. The number of hydrogen-bond donors (Lipinski definition) is 1. The Morgan fingerprint density at radius 3 is 2.63 bits per heavy atom. The van der Waals surface area contributed by atoms with Crippen LogP contribution in [0.3, 0.4) is 0 Å². The Morgan fingerprint density at radius 1 is 1.37 bits per heavy atom. The first kappa shape index (κ1) is 13.5. The molecule has 0 aliphatic heterocycles. The second-order valence-corrected chi connectivity index (χ2v) is 4.49. The van der Waals surface area contributed by atoms with Crippen LogP contribution < -0.4 is 0 Å². The van der Waals surface area contributed by atoms with Gasteiger partial charge in [0, 0.05) is 11.9 Å². The number of aromatic carboxylic acids is 1. The van der Waals surface area contributed by atoms with Crippen LogP contribution >= 0.6 is 11.6 Å². The second kappa shape index (κ2) is 5.40. The summed E-state index contributed by atoms with van der Waals surface area (Å²) in [4.78, 5) is 15.0. The number of aromatic nitrogens is 3. The fourth-order valence-electron chi connectivity index (χ4n) is 1.79. The van der Waals surface area contributed by atoms with Crippen LogP contribution in [0.25, 0.3) is 5.82 Å². The van der Waals surface area contributed by atoms with Crippen molar-refractivity contribution in [3.05, 3.63) is 40.3 Å². The molecule has 0 unspecified atom stereocenters. The zero-order valence-electron chi connectivity index (χ0n) is 10.7. The summed E-state index contributed by atoms with van der Waals surface area (Å²) in [6.07, 6.45) is 2.91. The van der Waals surface area contributed by atoms with Crippen LogP contribution in [0.4, 0.5) is 0 Å². The molecule has 5 nitrogen and oxygen atoms in total. The minimum Gasteiger partial charge on any atom is -0.478 e. The largest absolute Gasteiger partial charge is 0.478 e. The van der Waals surface area contributed by atoms with Crippen molar-refractivity contribution in [2.45, 2.75) is 26.7 Å². The fraction of sp³-hybridized carbons (Fsp3) is 0.308. The number of aryl methyl sites for hydroxylation is 2. The van der Waals surface area contributed by atoms with Gasteiger partial charge in [0.25, 0.3) is 0 Å². The first-order valence-corrected chi connectivity index (χ1v) is 6.41. The number of carbonyl (C=O) groups is 1. The smallest absolute Gasteiger partial charge is 0.337 e. The first-order chi connectivity index (χ1) is 9.06. The van der Waals surface area contributed by atoms with Crippen LogP contribution in [0, 0.1) is 0 Å². The number of halogens is 1. The highest BCUT2D eigenvalue weighted by Gasteiger charge is 2.14. The maximum absolute atomic E-state index is 10.9. The van der Waals surface area contributed by atoms with Crippen molar-refractivity contribution < 1.29 is 9.90 Å². The molecular weight excluding hydrogens is 266 g/mol. The summed E-state index contributed by atoms with van der Waals surface area (Å²) in [6.45, 7) is 4.04. The molecule has 2 rings (SSSR count). The van der Waals surface area contributed by atoms with Gasteiger partial charge in [0.15, 0.2) is 5.82 Å². The molecule has 100 valence electrons. The summed E-state index contributed by atoms with van der Waals surface area (Å²) in [7, 11) is 0. The van der Waals surface area contributed by atoms with Gasteiger partial charge in [0.2, 0.25) is 0 Å². The van der Waals surface area contributed by atoms with Crippen molar-refractivity contribution in [3.8, 4) is 5.82 Å². The topological polar surface area (TPSA) is 68.0 Å². The number of pyridine rings is 1. The Balaban J connectivity index is 2.52. The maximum Gasteiger partial charge on any atom is 0.337 e. The predicted octanol–water partition coefficient (Wildman–Crippen LogP) is 2.74. The van der Waals surface area contributed by atoms with E-state index in [2.05, 4.69) is 10.1 Å². The third-order valence-corrected chi connectivity index (χ3v) is 3.11. The van der Waals surface area contributed by atoms with Gasteiger partial charge < -0.3 is 5.11 Å². The van der Waals surface area contributed by atoms with Gasteiger partial charge in [-0.1, -0.05) is 25.4 Å². The van der Waals surface area contributed by atoms with Gasteiger partial charge in [-0.3, -0.25) is 0 Å². The van der Waals surface area contributed by atoms with Crippen molar-refractivity contribution in [2.24, 2.45) is 0 Å². The van der Waals surface area contributed by atoms with E-state index in [0.717, 1.165) is 24.2 Å². The third kappa shape index (κ3) is 2.61. The van der Waals surface area contributed by atoms with Crippen LogP contribution in [0.2, 0.25) is 5.02 Å². The summed E-state index contributed by atoms with van der Waals surface area (Å²) in [5.74, 6) is -0.588. The summed E-state index contributed by atoms with van der Waals surface area (Å²) >= 11 is 6.10. The zero-order valence-corrected chi connectivity index (χ0v) is 11.5. The average molecular weight is 280 g/mol. The van der Waals surface area contributed by atoms with Crippen molar-refractivity contribution in [1.29, 1.82) is 0 Å². The third-order valence-electron chi connectivity index (χ3n) is 2.83. The number of carboxylic acid groups (broad SMARTS) is 1. The summed E-state index contributed by atoms with van der Waals surface area (Å²) in [5.41, 5.74) is 2.01. The number of rotatable bonds is 4. The van der Waals surface area contributed by atoms with E-state index >= 15 is 0 Å². The summed E-state index contributed by atoms with van der Waals surface area (Å²) < 4.78 is 1.67. The molecule has 0 radical (unpaired) electrons. The minimum atomic E-state index is -1.05. The molecule has 2 heterocycles. The standard InChI is InChI=1S/C13H14ClN3O2/c1-3-9-6-10(4-2)17(16-9)12-11(14)5-8(7-15-12)13(18)19/h5-7H,3-4H2,1-2H3,(H,18,19). The van der Waals surface area contributed by atoms with Crippen molar-refractivity contribution in [1.82, 2.24) is 14.8 Å². The molecule has 0 aliphatic carbocycles. The molecule has 0 aliphatic rings. The molecule has 19 heavy (non-hydrogen) atoms. The van der Waals surface area contributed by atoms with Crippen LogP contribution in [-0.4, -0.2) is 25.8 Å². The molecule has 0 saturated heterocycles. The average Bonchev–Trinajstić information content (AvgIpc) is 2.81. The Hall–Kier alpha value is -1.88. The van der Waals surface area contributed by atoms with Crippen LogP contribution in [0.15, 0.2) is 18.3 Å². The fourth-order valence-corrected chi connectivity index (χ4v) is 2.03. The van der Waals surface area contributed by atoms with E-state index in [-0.39, 0.29) is 10.6 Å². The van der Waals surface area contributed by atoms with Gasteiger partial charge in [-0.2, -0.15) is 5.10 Å². The van der Waals surface area contributed by atoms with Crippen LogP contribution in [0.1, 0.15) is 35.6 Å². The monoisotopic (exact) mass is 279 g/mol. The Labute approximate surface area is 115 Å². The van der Waals surface area contributed by atoms with Gasteiger partial charge >= 0.3 is 5.97 Å². The van der Waals surface area contributed by atoms with E-state index in [0.29, 0.717) is 5.82 Å². The van der Waals surface area contributed by atoms with E-state index in [1.807, 2.05) is 19.9 Å². The van der Waals surface area contributed by atoms with Crippen molar-refractivity contribution in [3.63, 3.8) is 0 Å². The van der Waals surface area contributed by atoms with E-state index in [1.165, 1.54) is 12.3 Å². The number of hydrogen-bond acceptors (Lipinski definition) is 3. The molecule has 2 aromatic heterocycles. The molecule has 0 saturated carbocycles. The SMILES string of the molecule is CCc1cc(CC)n(-c2ncc(C(=O)O)cc2Cl)n1. The van der Waals surface area contributed by atoms with Gasteiger partial charge in [0.05, 0.1) is 16.3 Å². The highest BCUT2D eigenvalue weighted by molar-refractivity contribution is 6.32. The lowest BCUT2D eigenvalue weighted by Crippen LogP contribution is -2.07. The van der Waals surface area contributed by atoms with Gasteiger partial charge in [-0.05, 0) is 25.0 Å². The second-order valence-electron chi connectivity index (χ2n) is 4.08. The molecule has 2 aromatic rings. The number of nitrogens with zero attached hydrogens (tertiary/aromatic N) is 3. The van der Waals surface area contributed by atoms with E-state index in [1.54, 1.807) is 4.68 Å². The van der Waals surface area contributed by atoms with Crippen LogP contribution in [-0.2, 0) is 12.8 Å². The van der Waals surface area contributed by atoms with Gasteiger partial charge in [-0.15, -0.1) is 0 Å². The minimum absolute atomic E-state index is 0.0645. The molecule has 6 heteroatoms. The Kier molecular flexibility index (Phi) is 3.85. The zero-order chi connectivity index (χ0) is 14.0. The Bertz CT molecular complexity index is 622. The van der Waals surface area contributed by atoms with Crippen molar-refractivity contribution >= 4 is 17.6 Å². The molecule has 0 fully saturated rings. The lowest BCUT2D eigenvalue weighted by molar-refractivity contribution is 0.0696.